The van der Waals surface area contributed by atoms with E-state index in [2.05, 4.69) is 16.0 Å². The van der Waals surface area contributed by atoms with Gasteiger partial charge >= 0.3 is 0 Å². The second kappa shape index (κ2) is 12.9. The summed E-state index contributed by atoms with van der Waals surface area (Å²) in [6.45, 7) is 5.18. The van der Waals surface area contributed by atoms with Crippen molar-refractivity contribution in [1.29, 1.82) is 0 Å². The monoisotopic (exact) mass is 403 g/mol. The van der Waals surface area contributed by atoms with Crippen molar-refractivity contribution < 1.29 is 18.9 Å². The standard InChI is InChI=1S/C22H33N3O4/c1-26-19-7-5-17(13-21(19)28-3)15-24-11-9-23-10-12-25-16-18-6-8-20(27-2)22(14-18)29-4/h5-8,13-14,23-25H,9-12,15-16H2,1-4H3. The number of hydrogen-bond donors (Lipinski definition) is 3. The number of ether oxygens (including phenoxy) is 4. The molecule has 0 aromatic heterocycles. The summed E-state index contributed by atoms with van der Waals surface area (Å²) in [5, 5.41) is 10.3. The minimum atomic E-state index is 0.749. The van der Waals surface area contributed by atoms with Crippen LogP contribution >= 0.6 is 0 Å². The Morgan fingerprint density at radius 2 is 0.897 bits per heavy atom. The van der Waals surface area contributed by atoms with Crippen LogP contribution in [0.4, 0.5) is 0 Å². The number of nitrogens with one attached hydrogen (secondary N) is 3. The molecule has 0 fully saturated rings. The Bertz CT molecular complexity index is 678. The highest BCUT2D eigenvalue weighted by Crippen LogP contribution is 2.28. The van der Waals surface area contributed by atoms with Gasteiger partial charge in [-0.2, -0.15) is 0 Å². The van der Waals surface area contributed by atoms with Gasteiger partial charge in [-0.25, -0.2) is 0 Å². The molecule has 0 aliphatic carbocycles. The fraction of sp³-hybridized carbons (Fsp3) is 0.455. The highest BCUT2D eigenvalue weighted by molar-refractivity contribution is 5.43. The maximum Gasteiger partial charge on any atom is 0.161 e. The highest BCUT2D eigenvalue weighted by atomic mass is 16.5. The van der Waals surface area contributed by atoms with Crippen molar-refractivity contribution in [3.05, 3.63) is 47.5 Å². The molecule has 2 rings (SSSR count). The molecule has 0 radical (unpaired) electrons. The first kappa shape index (κ1) is 22.8. The van der Waals surface area contributed by atoms with Crippen molar-refractivity contribution in [3.63, 3.8) is 0 Å². The Morgan fingerprint density at radius 1 is 0.517 bits per heavy atom. The average Bonchev–Trinajstić information content (AvgIpc) is 2.77. The molecule has 0 saturated heterocycles. The van der Waals surface area contributed by atoms with E-state index < -0.39 is 0 Å². The van der Waals surface area contributed by atoms with Crippen LogP contribution in [0.1, 0.15) is 11.1 Å². The van der Waals surface area contributed by atoms with E-state index in [1.54, 1.807) is 28.4 Å². The Balaban J connectivity index is 1.55. The maximum atomic E-state index is 5.33. The van der Waals surface area contributed by atoms with Crippen LogP contribution in [0, 0.1) is 0 Å². The normalized spacial score (nSPS) is 10.6. The van der Waals surface area contributed by atoms with Crippen LogP contribution in [0.15, 0.2) is 36.4 Å². The first-order valence-corrected chi connectivity index (χ1v) is 9.75. The molecule has 2 aromatic rings. The van der Waals surface area contributed by atoms with Crippen molar-refractivity contribution in [2.75, 3.05) is 54.6 Å². The lowest BCUT2D eigenvalue weighted by Gasteiger charge is -2.11. The molecule has 7 heteroatoms. The molecule has 7 nitrogen and oxygen atoms in total. The Kier molecular flexibility index (Phi) is 10.1. The van der Waals surface area contributed by atoms with Gasteiger partial charge in [0.1, 0.15) is 0 Å². The smallest absolute Gasteiger partial charge is 0.161 e. The molecule has 2 aromatic carbocycles. The molecule has 0 heterocycles. The van der Waals surface area contributed by atoms with Crippen molar-refractivity contribution in [2.24, 2.45) is 0 Å². The molecule has 0 amide bonds. The number of benzene rings is 2. The highest BCUT2D eigenvalue weighted by Gasteiger charge is 2.05. The lowest BCUT2D eigenvalue weighted by atomic mass is 10.2. The average molecular weight is 404 g/mol. The third-order valence-electron chi connectivity index (χ3n) is 4.51. The van der Waals surface area contributed by atoms with Gasteiger partial charge in [-0.05, 0) is 35.4 Å². The van der Waals surface area contributed by atoms with Gasteiger partial charge < -0.3 is 34.9 Å². The zero-order valence-electron chi connectivity index (χ0n) is 17.8. The van der Waals surface area contributed by atoms with Gasteiger partial charge in [0, 0.05) is 39.3 Å². The summed E-state index contributed by atoms with van der Waals surface area (Å²) in [7, 11) is 6.59. The van der Waals surface area contributed by atoms with Crippen molar-refractivity contribution >= 4 is 0 Å². The van der Waals surface area contributed by atoms with Crippen LogP contribution < -0.4 is 34.9 Å². The summed E-state index contributed by atoms with van der Waals surface area (Å²) in [5.41, 5.74) is 2.33. The van der Waals surface area contributed by atoms with Gasteiger partial charge in [-0.1, -0.05) is 12.1 Å². The summed E-state index contributed by atoms with van der Waals surface area (Å²) in [6, 6.07) is 11.9. The van der Waals surface area contributed by atoms with E-state index in [0.717, 1.165) is 62.3 Å². The van der Waals surface area contributed by atoms with Crippen molar-refractivity contribution in [3.8, 4) is 23.0 Å². The lowest BCUT2D eigenvalue weighted by Crippen LogP contribution is -2.32. The second-order valence-electron chi connectivity index (χ2n) is 6.48. The fourth-order valence-electron chi connectivity index (χ4n) is 2.93. The quantitative estimate of drug-likeness (QED) is 0.418. The molecule has 0 atom stereocenters. The lowest BCUT2D eigenvalue weighted by molar-refractivity contribution is 0.354. The van der Waals surface area contributed by atoms with Crippen LogP contribution in [0.5, 0.6) is 23.0 Å². The molecule has 0 spiro atoms. The van der Waals surface area contributed by atoms with E-state index >= 15 is 0 Å². The van der Waals surface area contributed by atoms with Crippen LogP contribution in [-0.2, 0) is 13.1 Å². The third kappa shape index (κ3) is 7.45. The molecule has 0 saturated carbocycles. The first-order chi connectivity index (χ1) is 14.2. The second-order valence-corrected chi connectivity index (χ2v) is 6.48. The molecular formula is C22H33N3O4. The van der Waals surface area contributed by atoms with E-state index in [1.807, 2.05) is 36.4 Å². The summed E-state index contributed by atoms with van der Waals surface area (Å²) in [4.78, 5) is 0. The van der Waals surface area contributed by atoms with Crippen molar-refractivity contribution in [1.82, 2.24) is 16.0 Å². The number of hydrogen-bond acceptors (Lipinski definition) is 7. The van der Waals surface area contributed by atoms with E-state index in [-0.39, 0.29) is 0 Å². The third-order valence-corrected chi connectivity index (χ3v) is 4.51. The molecular weight excluding hydrogens is 370 g/mol. The Labute approximate surface area is 173 Å². The number of rotatable bonds is 14. The SMILES string of the molecule is COc1ccc(CNCCNCCNCc2ccc(OC)c(OC)c2)cc1OC. The predicted octanol–water partition coefficient (Wildman–Crippen LogP) is 2.19. The van der Waals surface area contributed by atoms with Gasteiger partial charge in [0.05, 0.1) is 28.4 Å². The summed E-state index contributed by atoms with van der Waals surface area (Å²) < 4.78 is 21.2. The summed E-state index contributed by atoms with van der Waals surface area (Å²) in [6.07, 6.45) is 0. The minimum absolute atomic E-state index is 0.749. The molecule has 0 aliphatic rings. The molecule has 0 bridgehead atoms. The molecule has 29 heavy (non-hydrogen) atoms. The van der Waals surface area contributed by atoms with Crippen LogP contribution in [0.2, 0.25) is 0 Å². The van der Waals surface area contributed by atoms with Crippen LogP contribution in [-0.4, -0.2) is 54.6 Å². The van der Waals surface area contributed by atoms with E-state index in [9.17, 15) is 0 Å². The van der Waals surface area contributed by atoms with Gasteiger partial charge in [0.2, 0.25) is 0 Å². The Hall–Kier alpha value is -2.48. The zero-order valence-corrected chi connectivity index (χ0v) is 17.8. The van der Waals surface area contributed by atoms with Gasteiger partial charge in [-0.3, -0.25) is 0 Å². The molecule has 3 N–H and O–H groups in total. The summed E-state index contributed by atoms with van der Waals surface area (Å²) in [5.74, 6) is 3.01. The van der Waals surface area contributed by atoms with Gasteiger partial charge in [-0.15, -0.1) is 0 Å². The first-order valence-electron chi connectivity index (χ1n) is 9.75. The van der Waals surface area contributed by atoms with E-state index in [0.29, 0.717) is 0 Å². The molecule has 160 valence electrons. The van der Waals surface area contributed by atoms with Gasteiger partial charge in [0.15, 0.2) is 23.0 Å². The van der Waals surface area contributed by atoms with Crippen molar-refractivity contribution in [2.45, 2.75) is 13.1 Å². The minimum Gasteiger partial charge on any atom is -0.493 e. The Morgan fingerprint density at radius 3 is 1.28 bits per heavy atom. The molecule has 0 unspecified atom stereocenters. The zero-order chi connectivity index (χ0) is 20.9. The molecule has 0 aliphatic heterocycles. The summed E-state index contributed by atoms with van der Waals surface area (Å²) >= 11 is 0. The maximum absolute atomic E-state index is 5.33. The van der Waals surface area contributed by atoms with Crippen LogP contribution in [0.25, 0.3) is 0 Å². The van der Waals surface area contributed by atoms with Crippen LogP contribution in [0.3, 0.4) is 0 Å². The van der Waals surface area contributed by atoms with E-state index in [1.165, 1.54) is 11.1 Å². The predicted molar refractivity (Wildman–Crippen MR) is 115 cm³/mol. The largest absolute Gasteiger partial charge is 0.493 e. The van der Waals surface area contributed by atoms with Gasteiger partial charge in [0.25, 0.3) is 0 Å². The fourth-order valence-corrected chi connectivity index (χ4v) is 2.93. The number of methoxy groups -OCH3 is 4. The van der Waals surface area contributed by atoms with E-state index in [4.69, 9.17) is 18.9 Å². The topological polar surface area (TPSA) is 73.0 Å².